The van der Waals surface area contributed by atoms with Crippen LogP contribution in [0.25, 0.3) is 0 Å². The Kier molecular flexibility index (Phi) is 3.94. The fourth-order valence-corrected chi connectivity index (χ4v) is 1.95. The second-order valence-electron chi connectivity index (χ2n) is 4.37. The number of carbonyl (C=O) groups excluding carboxylic acids is 1. The van der Waals surface area contributed by atoms with Crippen LogP contribution in [0.1, 0.15) is 39.0 Å². The van der Waals surface area contributed by atoms with Crippen molar-refractivity contribution in [2.24, 2.45) is 16.3 Å². The minimum Gasteiger partial charge on any atom is -0.409 e. The molecule has 5 heteroatoms. The predicted molar refractivity (Wildman–Crippen MR) is 57.6 cm³/mol. The molecule has 1 rings (SSSR count). The summed E-state index contributed by atoms with van der Waals surface area (Å²) >= 11 is 0. The van der Waals surface area contributed by atoms with E-state index in [1.54, 1.807) is 0 Å². The number of amides is 1. The van der Waals surface area contributed by atoms with Crippen molar-refractivity contribution in [3.8, 4) is 0 Å². The molecule has 0 aromatic heterocycles. The number of amidine groups is 1. The molecule has 0 radical (unpaired) electrons. The molecule has 1 fully saturated rings. The average molecular weight is 213 g/mol. The van der Waals surface area contributed by atoms with E-state index in [4.69, 9.17) is 10.9 Å². The van der Waals surface area contributed by atoms with Crippen LogP contribution in [0, 0.1) is 5.41 Å². The molecule has 5 nitrogen and oxygen atoms in total. The number of rotatable bonds is 4. The molecule has 4 N–H and O–H groups in total. The number of hydrogen-bond acceptors (Lipinski definition) is 3. The maximum absolute atomic E-state index is 11.8. The summed E-state index contributed by atoms with van der Waals surface area (Å²) in [7, 11) is 0. The van der Waals surface area contributed by atoms with Gasteiger partial charge in [0.05, 0.1) is 0 Å². The van der Waals surface area contributed by atoms with Crippen LogP contribution in [0.5, 0.6) is 0 Å². The second-order valence-corrected chi connectivity index (χ2v) is 4.37. The van der Waals surface area contributed by atoms with Crippen molar-refractivity contribution in [3.63, 3.8) is 0 Å². The first-order valence-electron chi connectivity index (χ1n) is 5.33. The third-order valence-electron chi connectivity index (χ3n) is 3.05. The van der Waals surface area contributed by atoms with Crippen LogP contribution in [0.4, 0.5) is 0 Å². The summed E-state index contributed by atoms with van der Waals surface area (Å²) in [4.78, 5) is 11.8. The first kappa shape index (κ1) is 11.8. The lowest BCUT2D eigenvalue weighted by Gasteiger charge is -2.22. The van der Waals surface area contributed by atoms with Crippen LogP contribution in [0.3, 0.4) is 0 Å². The molecule has 1 amide bonds. The highest BCUT2D eigenvalue weighted by Gasteiger charge is 2.35. The zero-order valence-corrected chi connectivity index (χ0v) is 9.12. The molecule has 15 heavy (non-hydrogen) atoms. The fourth-order valence-electron chi connectivity index (χ4n) is 1.95. The summed E-state index contributed by atoms with van der Waals surface area (Å²) in [5.41, 5.74) is 5.09. The number of nitrogens with zero attached hydrogens (tertiary/aromatic N) is 1. The summed E-state index contributed by atoms with van der Waals surface area (Å²) in [6.07, 6.45) is 4.57. The average Bonchev–Trinajstić information content (AvgIpc) is 2.66. The highest BCUT2D eigenvalue weighted by atomic mass is 16.4. The van der Waals surface area contributed by atoms with Crippen LogP contribution >= 0.6 is 0 Å². The molecule has 0 aromatic carbocycles. The Balaban J connectivity index is 2.30. The molecule has 86 valence electrons. The van der Waals surface area contributed by atoms with E-state index in [1.807, 2.05) is 6.92 Å². The molecule has 0 heterocycles. The van der Waals surface area contributed by atoms with Crippen LogP contribution in [-0.2, 0) is 4.79 Å². The molecule has 1 saturated carbocycles. The van der Waals surface area contributed by atoms with Crippen molar-refractivity contribution in [3.05, 3.63) is 0 Å². The van der Waals surface area contributed by atoms with Gasteiger partial charge in [0.2, 0.25) is 5.91 Å². The van der Waals surface area contributed by atoms with Gasteiger partial charge in [-0.05, 0) is 12.8 Å². The molecule has 0 aromatic rings. The highest BCUT2D eigenvalue weighted by molar-refractivity contribution is 5.84. The molecule has 0 atom stereocenters. The number of carbonyl (C=O) groups is 1. The van der Waals surface area contributed by atoms with Crippen LogP contribution < -0.4 is 11.1 Å². The minimum absolute atomic E-state index is 0.0886. The number of hydrogen-bond donors (Lipinski definition) is 3. The quantitative estimate of drug-likeness (QED) is 0.279. The van der Waals surface area contributed by atoms with Gasteiger partial charge < -0.3 is 16.3 Å². The van der Waals surface area contributed by atoms with Gasteiger partial charge in [0.15, 0.2) is 0 Å². The maximum Gasteiger partial charge on any atom is 0.225 e. The molecular formula is C10H19N3O2. The molecular weight excluding hydrogens is 194 g/mol. The Morgan fingerprint density at radius 1 is 1.53 bits per heavy atom. The summed E-state index contributed by atoms with van der Waals surface area (Å²) in [5, 5.41) is 14.0. The molecule has 0 unspecified atom stereocenters. The lowest BCUT2D eigenvalue weighted by molar-refractivity contribution is -0.129. The Labute approximate surface area is 89.7 Å². The summed E-state index contributed by atoms with van der Waals surface area (Å²) in [5.74, 6) is 0.234. The van der Waals surface area contributed by atoms with E-state index in [0.717, 1.165) is 25.7 Å². The smallest absolute Gasteiger partial charge is 0.225 e. The molecule has 1 aliphatic carbocycles. The van der Waals surface area contributed by atoms with Gasteiger partial charge in [-0.25, -0.2) is 0 Å². The molecule has 0 bridgehead atoms. The third kappa shape index (κ3) is 3.11. The van der Waals surface area contributed by atoms with Crippen molar-refractivity contribution in [2.45, 2.75) is 39.0 Å². The van der Waals surface area contributed by atoms with Crippen molar-refractivity contribution < 1.29 is 10.0 Å². The van der Waals surface area contributed by atoms with E-state index in [2.05, 4.69) is 10.5 Å². The van der Waals surface area contributed by atoms with Gasteiger partial charge in [-0.3, -0.25) is 4.79 Å². The van der Waals surface area contributed by atoms with Crippen molar-refractivity contribution >= 4 is 11.7 Å². The van der Waals surface area contributed by atoms with Crippen molar-refractivity contribution in [2.75, 3.05) is 6.54 Å². The number of oxime groups is 1. The van der Waals surface area contributed by atoms with Crippen molar-refractivity contribution in [1.29, 1.82) is 0 Å². The summed E-state index contributed by atoms with van der Waals surface area (Å²) < 4.78 is 0. The maximum atomic E-state index is 11.8. The Morgan fingerprint density at radius 2 is 2.13 bits per heavy atom. The standard InChI is InChI=1S/C10H19N3O2/c1-10(5-2-3-6-10)9(14)12-7-4-8(11)13-15/h15H,2-7H2,1H3,(H2,11,13)(H,12,14). The van der Waals surface area contributed by atoms with Gasteiger partial charge in [-0.15, -0.1) is 0 Å². The Bertz CT molecular complexity index is 257. The number of nitrogens with two attached hydrogens (primary N) is 1. The van der Waals surface area contributed by atoms with Crippen LogP contribution in [0.15, 0.2) is 5.16 Å². The van der Waals surface area contributed by atoms with Gasteiger partial charge >= 0.3 is 0 Å². The molecule has 0 aliphatic heterocycles. The van der Waals surface area contributed by atoms with E-state index < -0.39 is 0 Å². The monoisotopic (exact) mass is 213 g/mol. The highest BCUT2D eigenvalue weighted by Crippen LogP contribution is 2.37. The van der Waals surface area contributed by atoms with Gasteiger partial charge in [0.25, 0.3) is 0 Å². The van der Waals surface area contributed by atoms with Crippen LogP contribution in [-0.4, -0.2) is 23.5 Å². The lowest BCUT2D eigenvalue weighted by Crippen LogP contribution is -2.38. The van der Waals surface area contributed by atoms with E-state index in [9.17, 15) is 4.79 Å². The largest absolute Gasteiger partial charge is 0.409 e. The van der Waals surface area contributed by atoms with Gasteiger partial charge in [0, 0.05) is 18.4 Å². The van der Waals surface area contributed by atoms with E-state index in [1.165, 1.54) is 0 Å². The van der Waals surface area contributed by atoms with Crippen LogP contribution in [0.2, 0.25) is 0 Å². The minimum atomic E-state index is -0.203. The molecule has 1 aliphatic rings. The van der Waals surface area contributed by atoms with E-state index >= 15 is 0 Å². The van der Waals surface area contributed by atoms with Gasteiger partial charge in [-0.1, -0.05) is 24.9 Å². The fraction of sp³-hybridized carbons (Fsp3) is 0.800. The first-order valence-corrected chi connectivity index (χ1v) is 5.33. The summed E-state index contributed by atoms with van der Waals surface area (Å²) in [6, 6.07) is 0. The number of nitrogens with one attached hydrogen (secondary N) is 1. The van der Waals surface area contributed by atoms with Gasteiger partial charge in [0.1, 0.15) is 5.84 Å². The first-order chi connectivity index (χ1) is 7.08. The predicted octanol–water partition coefficient (Wildman–Crippen LogP) is 0.819. The molecule has 0 spiro atoms. The molecule has 0 saturated heterocycles. The topological polar surface area (TPSA) is 87.7 Å². The second kappa shape index (κ2) is 5.00. The zero-order chi connectivity index (χ0) is 11.3. The SMILES string of the molecule is CC1(C(=O)NCCC(N)=NO)CCCC1. The zero-order valence-electron chi connectivity index (χ0n) is 9.12. The van der Waals surface area contributed by atoms with Gasteiger partial charge in [-0.2, -0.15) is 0 Å². The van der Waals surface area contributed by atoms with Crippen molar-refractivity contribution in [1.82, 2.24) is 5.32 Å². The Morgan fingerprint density at radius 3 is 2.67 bits per heavy atom. The third-order valence-corrected chi connectivity index (χ3v) is 3.05. The van der Waals surface area contributed by atoms with E-state index in [-0.39, 0.29) is 17.2 Å². The lowest BCUT2D eigenvalue weighted by atomic mass is 9.88. The Hall–Kier alpha value is -1.26. The van der Waals surface area contributed by atoms with E-state index in [0.29, 0.717) is 13.0 Å². The summed E-state index contributed by atoms with van der Waals surface area (Å²) in [6.45, 7) is 2.43. The normalized spacial score (nSPS) is 20.2.